The number of hydrogen-bond acceptors (Lipinski definition) is 9. The number of amides is 1. The number of pyridine rings is 2. The van der Waals surface area contributed by atoms with E-state index in [4.69, 9.17) is 9.73 Å². The van der Waals surface area contributed by atoms with Crippen LogP contribution in [-0.2, 0) is 37.8 Å². The van der Waals surface area contributed by atoms with Gasteiger partial charge in [-0.3, -0.25) is 24.4 Å². The maximum absolute atomic E-state index is 13.8. The zero-order chi connectivity index (χ0) is 32.9. The number of aliphatic hydroxyl groups excluding tert-OH is 1. The lowest BCUT2D eigenvalue weighted by atomic mass is 9.98. The van der Waals surface area contributed by atoms with Crippen LogP contribution in [-0.4, -0.2) is 98.8 Å². The number of nitrogens with zero attached hydrogens (tertiary/aromatic N) is 7. The number of dihydropyridines is 1. The normalized spacial score (nSPS) is 23.1. The van der Waals surface area contributed by atoms with E-state index in [1.807, 2.05) is 18.3 Å². The van der Waals surface area contributed by atoms with E-state index in [1.54, 1.807) is 28.9 Å². The highest BCUT2D eigenvalue weighted by atomic mass is 16.5. The van der Waals surface area contributed by atoms with Gasteiger partial charge in [-0.25, -0.2) is 4.98 Å². The highest BCUT2D eigenvalue weighted by Gasteiger charge is 2.34. The summed E-state index contributed by atoms with van der Waals surface area (Å²) in [7, 11) is 1.72. The fraction of sp³-hybridized carbons (Fsp3) is 0.500. The van der Waals surface area contributed by atoms with Crippen LogP contribution in [0, 0.1) is 0 Å². The van der Waals surface area contributed by atoms with Crippen molar-refractivity contribution in [1.82, 2.24) is 23.9 Å². The molecular formula is C36H44N8O4. The number of carbonyl (C=O) groups is 1. The Hall–Kier alpha value is -4.26. The molecule has 12 heteroatoms. The molecule has 2 N–H and O–H groups in total. The maximum atomic E-state index is 13.8. The number of piperazine rings is 1. The molecule has 7 heterocycles. The lowest BCUT2D eigenvalue weighted by Crippen LogP contribution is -2.59. The first kappa shape index (κ1) is 31.0. The summed E-state index contributed by atoms with van der Waals surface area (Å²) in [6.07, 6.45) is 12.3. The van der Waals surface area contributed by atoms with Crippen LogP contribution in [0.2, 0.25) is 0 Å². The molecule has 1 amide bonds. The number of aliphatic imine (C=N–C) groups is 1. The van der Waals surface area contributed by atoms with Crippen molar-refractivity contribution in [3.8, 4) is 11.1 Å². The van der Waals surface area contributed by atoms with Gasteiger partial charge in [-0.05, 0) is 61.9 Å². The minimum absolute atomic E-state index is 0.0929. The third-order valence-electron chi connectivity index (χ3n) is 10.7. The fourth-order valence-electron chi connectivity index (χ4n) is 8.06. The van der Waals surface area contributed by atoms with E-state index in [9.17, 15) is 14.7 Å². The third kappa shape index (κ3) is 5.45. The molecule has 8 rings (SSSR count). The molecule has 5 aliphatic rings. The molecule has 0 saturated carbocycles. The van der Waals surface area contributed by atoms with Gasteiger partial charge >= 0.3 is 0 Å². The van der Waals surface area contributed by atoms with E-state index in [0.717, 1.165) is 75.4 Å². The van der Waals surface area contributed by atoms with Crippen LogP contribution in [0.25, 0.3) is 11.1 Å². The Balaban J connectivity index is 1.01. The molecule has 4 aliphatic heterocycles. The fourth-order valence-corrected chi connectivity index (χ4v) is 8.06. The second-order valence-electron chi connectivity index (χ2n) is 13.7. The van der Waals surface area contributed by atoms with Crippen molar-refractivity contribution in [2.24, 2.45) is 12.0 Å². The quantitative estimate of drug-likeness (QED) is 0.400. The number of allylic oxidation sites excluding steroid dienone is 1. The number of nitrogens with one attached hydrogen (secondary N) is 1. The van der Waals surface area contributed by atoms with Crippen LogP contribution in [0.3, 0.4) is 0 Å². The van der Waals surface area contributed by atoms with E-state index in [0.29, 0.717) is 54.4 Å². The van der Waals surface area contributed by atoms with Crippen molar-refractivity contribution in [2.45, 2.75) is 70.4 Å². The standard InChI is InChI=1S/C36H44N8O4/c1-23-18-41(27-21-48-22-27)11-12-42(23)26-7-8-33(38-17-26)39-30-15-25(19-40(2)35(30)46)28-9-10-37-34(29(28)20-45)44-14-13-43-31-6-4-3-5-24(31)16-32(43)36(44)47/h7,9-10,15-17,19,23,27,33,39,45H,3-6,8,11-14,18,20-22H2,1-2H3/t23-,33?/m1/s1. The highest BCUT2D eigenvalue weighted by molar-refractivity contribution is 6.06. The molecule has 0 radical (unpaired) electrons. The van der Waals surface area contributed by atoms with Crippen LogP contribution in [0.15, 0.2) is 52.2 Å². The Bertz CT molecular complexity index is 1860. The van der Waals surface area contributed by atoms with Crippen molar-refractivity contribution in [1.29, 1.82) is 0 Å². The van der Waals surface area contributed by atoms with Gasteiger partial charge in [0.25, 0.3) is 11.5 Å². The van der Waals surface area contributed by atoms with Crippen LogP contribution in [0.1, 0.15) is 53.5 Å². The molecule has 252 valence electrons. The van der Waals surface area contributed by atoms with Crippen LogP contribution in [0.4, 0.5) is 11.5 Å². The first-order valence-corrected chi connectivity index (χ1v) is 17.3. The Morgan fingerprint density at radius 2 is 1.94 bits per heavy atom. The zero-order valence-electron chi connectivity index (χ0n) is 27.8. The molecular weight excluding hydrogens is 608 g/mol. The van der Waals surface area contributed by atoms with Gasteiger partial charge < -0.3 is 29.2 Å². The number of aromatic nitrogens is 3. The predicted molar refractivity (Wildman–Crippen MR) is 185 cm³/mol. The van der Waals surface area contributed by atoms with Gasteiger partial charge in [-0.15, -0.1) is 0 Å². The SMILES string of the molecule is C[C@@H]1CN(C2COC2)CCN1C1=CCC(Nc2cc(-c3ccnc(N4CCn5c(cc6c5CCCC6)C4=O)c3CO)cn(C)c2=O)N=C1. The van der Waals surface area contributed by atoms with Gasteiger partial charge in [0.15, 0.2) is 0 Å². The van der Waals surface area contributed by atoms with Crippen molar-refractivity contribution in [2.75, 3.05) is 49.6 Å². The Morgan fingerprint density at radius 1 is 1.08 bits per heavy atom. The Labute approximate surface area is 280 Å². The van der Waals surface area contributed by atoms with Crippen LogP contribution < -0.4 is 15.8 Å². The molecule has 2 fully saturated rings. The minimum Gasteiger partial charge on any atom is -0.392 e. The number of hydrogen-bond donors (Lipinski definition) is 2. The van der Waals surface area contributed by atoms with E-state index in [-0.39, 0.29) is 24.2 Å². The molecule has 0 spiro atoms. The van der Waals surface area contributed by atoms with Crippen molar-refractivity contribution in [3.63, 3.8) is 0 Å². The van der Waals surface area contributed by atoms with E-state index in [2.05, 4.69) is 43.7 Å². The number of aryl methyl sites for hydroxylation is 2. The zero-order valence-corrected chi connectivity index (χ0v) is 27.8. The summed E-state index contributed by atoms with van der Waals surface area (Å²) in [5.74, 6) is 0.365. The number of fused-ring (bicyclic) bond motifs is 3. The smallest absolute Gasteiger partial charge is 0.276 e. The summed E-state index contributed by atoms with van der Waals surface area (Å²) in [6.45, 7) is 7.80. The van der Waals surface area contributed by atoms with Crippen LogP contribution in [0.5, 0.6) is 0 Å². The Morgan fingerprint density at radius 3 is 2.69 bits per heavy atom. The number of aliphatic hydroxyl groups is 1. The second kappa shape index (κ2) is 12.6. The molecule has 0 aromatic carbocycles. The first-order chi connectivity index (χ1) is 23.4. The molecule has 0 bridgehead atoms. The molecule has 48 heavy (non-hydrogen) atoms. The summed E-state index contributed by atoms with van der Waals surface area (Å²) in [4.78, 5) is 43.2. The van der Waals surface area contributed by atoms with E-state index >= 15 is 0 Å². The summed E-state index contributed by atoms with van der Waals surface area (Å²) in [6, 6.07) is 6.63. The van der Waals surface area contributed by atoms with Gasteiger partial charge in [0.1, 0.15) is 23.4 Å². The molecule has 2 atom stereocenters. The van der Waals surface area contributed by atoms with Crippen molar-refractivity contribution < 1.29 is 14.6 Å². The monoisotopic (exact) mass is 652 g/mol. The van der Waals surface area contributed by atoms with Gasteiger partial charge in [0.05, 0.1) is 31.6 Å². The molecule has 3 aromatic heterocycles. The molecule has 3 aromatic rings. The average Bonchev–Trinajstić information content (AvgIpc) is 3.46. The first-order valence-electron chi connectivity index (χ1n) is 17.3. The average molecular weight is 653 g/mol. The topological polar surface area (TPSA) is 120 Å². The molecule has 2 saturated heterocycles. The van der Waals surface area contributed by atoms with Gasteiger partial charge in [-0.2, -0.15) is 0 Å². The summed E-state index contributed by atoms with van der Waals surface area (Å²) < 4.78 is 9.12. The summed E-state index contributed by atoms with van der Waals surface area (Å²) in [5.41, 5.74) is 6.69. The summed E-state index contributed by atoms with van der Waals surface area (Å²) in [5, 5.41) is 14.0. The van der Waals surface area contributed by atoms with E-state index in [1.165, 1.54) is 11.3 Å². The highest BCUT2D eigenvalue weighted by Crippen LogP contribution is 2.34. The molecule has 1 aliphatic carbocycles. The van der Waals surface area contributed by atoms with Crippen molar-refractivity contribution >= 4 is 23.6 Å². The number of rotatable bonds is 7. The Kier molecular flexibility index (Phi) is 8.18. The van der Waals surface area contributed by atoms with Gasteiger partial charge in [0, 0.05) is 87.7 Å². The van der Waals surface area contributed by atoms with Gasteiger partial charge in [-0.1, -0.05) is 6.08 Å². The number of carbonyl (C=O) groups excluding carboxylic acids is 1. The third-order valence-corrected chi connectivity index (χ3v) is 10.7. The minimum atomic E-state index is -0.299. The molecule has 1 unspecified atom stereocenters. The predicted octanol–water partition coefficient (Wildman–Crippen LogP) is 2.78. The van der Waals surface area contributed by atoms with Crippen LogP contribution >= 0.6 is 0 Å². The number of ether oxygens (including phenoxy) is 1. The maximum Gasteiger partial charge on any atom is 0.276 e. The summed E-state index contributed by atoms with van der Waals surface area (Å²) >= 11 is 0. The van der Waals surface area contributed by atoms with Crippen molar-refractivity contribution in [3.05, 3.63) is 75.2 Å². The lowest BCUT2D eigenvalue weighted by Gasteiger charge is -2.47. The second-order valence-corrected chi connectivity index (χ2v) is 13.7. The van der Waals surface area contributed by atoms with E-state index < -0.39 is 0 Å². The number of anilines is 2. The van der Waals surface area contributed by atoms with Gasteiger partial charge in [0.2, 0.25) is 0 Å². The molecule has 12 nitrogen and oxygen atoms in total. The largest absolute Gasteiger partial charge is 0.392 e. The lowest BCUT2D eigenvalue weighted by molar-refractivity contribution is -0.0810.